The number of nitrogens with one attached hydrogen (secondary N) is 2. The van der Waals surface area contributed by atoms with Gasteiger partial charge in [0.1, 0.15) is 10.8 Å². The van der Waals surface area contributed by atoms with Crippen molar-refractivity contribution in [3.63, 3.8) is 0 Å². The first kappa shape index (κ1) is 14.8. The third-order valence-electron chi connectivity index (χ3n) is 2.80. The number of amides is 2. The van der Waals surface area contributed by atoms with Gasteiger partial charge in [-0.05, 0) is 12.1 Å². The molecule has 7 nitrogen and oxygen atoms in total. The molecule has 1 aromatic rings. The number of carbonyl (C=O) groups is 2. The molecule has 3 N–H and O–H groups in total. The van der Waals surface area contributed by atoms with Crippen molar-refractivity contribution in [2.45, 2.75) is 11.0 Å². The Balaban J connectivity index is 2.23. The fourth-order valence-corrected chi connectivity index (χ4v) is 3.34. The Kier molecular flexibility index (Phi) is 3.98. The molecule has 20 heavy (non-hydrogen) atoms. The van der Waals surface area contributed by atoms with Crippen molar-refractivity contribution < 1.29 is 23.1 Å². The summed E-state index contributed by atoms with van der Waals surface area (Å²) >= 11 is 5.75. The van der Waals surface area contributed by atoms with E-state index in [0.29, 0.717) is 0 Å². The van der Waals surface area contributed by atoms with Gasteiger partial charge in [-0.15, -0.1) is 0 Å². The van der Waals surface area contributed by atoms with Crippen LogP contribution in [-0.2, 0) is 19.6 Å². The summed E-state index contributed by atoms with van der Waals surface area (Å²) in [5, 5.41) is 11.7. The van der Waals surface area contributed by atoms with Crippen molar-refractivity contribution in [3.05, 3.63) is 29.3 Å². The Labute approximate surface area is 120 Å². The Hall–Kier alpha value is -1.64. The molecular formula is C11H11ClN2O5S. The van der Waals surface area contributed by atoms with E-state index in [4.69, 9.17) is 11.6 Å². The van der Waals surface area contributed by atoms with E-state index in [2.05, 4.69) is 5.32 Å². The van der Waals surface area contributed by atoms with Crippen LogP contribution in [0.3, 0.4) is 0 Å². The summed E-state index contributed by atoms with van der Waals surface area (Å²) in [7, 11) is -4.20. The van der Waals surface area contributed by atoms with Crippen LogP contribution < -0.4 is 10.0 Å². The van der Waals surface area contributed by atoms with Gasteiger partial charge in [0.25, 0.3) is 10.0 Å². The molecule has 2 atom stereocenters. The van der Waals surface area contributed by atoms with Crippen LogP contribution >= 0.6 is 11.6 Å². The molecule has 2 unspecified atom stereocenters. The maximum absolute atomic E-state index is 12.0. The molecule has 0 aromatic heterocycles. The zero-order chi connectivity index (χ0) is 14.9. The van der Waals surface area contributed by atoms with Crippen molar-refractivity contribution in [2.75, 3.05) is 6.54 Å². The Morgan fingerprint density at radius 3 is 2.60 bits per heavy atom. The van der Waals surface area contributed by atoms with E-state index in [0.717, 1.165) is 0 Å². The van der Waals surface area contributed by atoms with E-state index in [9.17, 15) is 23.1 Å². The van der Waals surface area contributed by atoms with E-state index in [1.54, 1.807) is 4.72 Å². The number of rotatable bonds is 3. The van der Waals surface area contributed by atoms with Gasteiger partial charge in [-0.1, -0.05) is 23.7 Å². The highest BCUT2D eigenvalue weighted by Crippen LogP contribution is 2.21. The summed E-state index contributed by atoms with van der Waals surface area (Å²) in [4.78, 5) is 22.9. The Morgan fingerprint density at radius 2 is 2.05 bits per heavy atom. The summed E-state index contributed by atoms with van der Waals surface area (Å²) in [5.41, 5.74) is 0. The van der Waals surface area contributed by atoms with Gasteiger partial charge in [-0.3, -0.25) is 9.59 Å². The van der Waals surface area contributed by atoms with Crippen LogP contribution in [0.15, 0.2) is 29.2 Å². The van der Waals surface area contributed by atoms with Crippen LogP contribution in [0.4, 0.5) is 0 Å². The number of aliphatic hydroxyl groups is 1. The summed E-state index contributed by atoms with van der Waals surface area (Å²) in [6.07, 6.45) is -1.26. The number of sulfonamides is 1. The smallest absolute Gasteiger partial charge is 0.265 e. The molecule has 0 saturated carbocycles. The molecule has 1 fully saturated rings. The van der Waals surface area contributed by atoms with Gasteiger partial charge in [0.15, 0.2) is 0 Å². The minimum atomic E-state index is -4.20. The van der Waals surface area contributed by atoms with Gasteiger partial charge in [0.05, 0.1) is 11.1 Å². The average Bonchev–Trinajstić information content (AvgIpc) is 2.68. The second kappa shape index (κ2) is 5.39. The molecule has 2 rings (SSSR count). The van der Waals surface area contributed by atoms with Gasteiger partial charge in [0, 0.05) is 6.54 Å². The third-order valence-corrected chi connectivity index (χ3v) is 4.64. The average molecular weight is 319 g/mol. The van der Waals surface area contributed by atoms with Crippen molar-refractivity contribution in [1.29, 1.82) is 0 Å². The fraction of sp³-hybridized carbons (Fsp3) is 0.273. The standard InChI is InChI=1S/C11H11ClN2O5S/c12-6-3-1-2-4-8(6)20(18,19)14-11(17)9-7(15)5-13-10(9)16/h1-4,7,9,15H,5H2,(H,13,16)(H,14,17). The van der Waals surface area contributed by atoms with Crippen LogP contribution in [0.1, 0.15) is 0 Å². The molecule has 1 heterocycles. The maximum atomic E-state index is 12.0. The SMILES string of the molecule is O=C1NCC(O)C1C(=O)NS(=O)(=O)c1ccccc1Cl. The topological polar surface area (TPSA) is 113 Å². The van der Waals surface area contributed by atoms with Crippen LogP contribution in [-0.4, -0.2) is 38.0 Å². The van der Waals surface area contributed by atoms with Gasteiger partial charge in [-0.2, -0.15) is 0 Å². The van der Waals surface area contributed by atoms with E-state index in [1.807, 2.05) is 0 Å². The van der Waals surface area contributed by atoms with Crippen molar-refractivity contribution in [2.24, 2.45) is 5.92 Å². The second-order valence-corrected chi connectivity index (χ2v) is 6.25. The number of benzene rings is 1. The molecule has 1 aromatic carbocycles. The predicted molar refractivity (Wildman–Crippen MR) is 69.3 cm³/mol. The fourth-order valence-electron chi connectivity index (χ4n) is 1.82. The van der Waals surface area contributed by atoms with Crippen LogP contribution in [0.25, 0.3) is 0 Å². The van der Waals surface area contributed by atoms with E-state index < -0.39 is 33.9 Å². The molecule has 1 aliphatic rings. The number of aliphatic hydroxyl groups excluding tert-OH is 1. The van der Waals surface area contributed by atoms with Crippen LogP contribution in [0, 0.1) is 5.92 Å². The van der Waals surface area contributed by atoms with Crippen molar-refractivity contribution in [1.82, 2.24) is 10.0 Å². The molecule has 1 saturated heterocycles. The molecule has 1 aliphatic heterocycles. The highest BCUT2D eigenvalue weighted by Gasteiger charge is 2.40. The number of carbonyl (C=O) groups excluding carboxylic acids is 2. The van der Waals surface area contributed by atoms with Gasteiger partial charge in [0.2, 0.25) is 11.8 Å². The molecule has 0 aliphatic carbocycles. The van der Waals surface area contributed by atoms with Crippen molar-refractivity contribution in [3.8, 4) is 0 Å². The summed E-state index contributed by atoms with van der Waals surface area (Å²) in [5.74, 6) is -3.26. The predicted octanol–water partition coefficient (Wildman–Crippen LogP) is -0.748. The monoisotopic (exact) mass is 318 g/mol. The zero-order valence-corrected chi connectivity index (χ0v) is 11.6. The summed E-state index contributed by atoms with van der Waals surface area (Å²) in [6, 6.07) is 5.57. The lowest BCUT2D eigenvalue weighted by atomic mass is 10.1. The van der Waals surface area contributed by atoms with Gasteiger partial charge < -0.3 is 10.4 Å². The van der Waals surface area contributed by atoms with Crippen molar-refractivity contribution >= 4 is 33.4 Å². The molecule has 2 amide bonds. The molecule has 0 bridgehead atoms. The highest BCUT2D eigenvalue weighted by molar-refractivity contribution is 7.90. The number of β-amino-alcohol motifs (C(OH)–C–C–N with tert-alkyl or cyclic N) is 1. The van der Waals surface area contributed by atoms with E-state index in [-0.39, 0.29) is 16.5 Å². The first-order valence-electron chi connectivity index (χ1n) is 5.60. The van der Waals surface area contributed by atoms with E-state index >= 15 is 0 Å². The summed E-state index contributed by atoms with van der Waals surface area (Å²) in [6.45, 7) is -0.0942. The second-order valence-electron chi connectivity index (χ2n) is 4.19. The minimum absolute atomic E-state index is 0.0516. The lowest BCUT2D eigenvalue weighted by molar-refractivity contribution is -0.134. The quantitative estimate of drug-likeness (QED) is 0.635. The first-order valence-corrected chi connectivity index (χ1v) is 7.46. The Bertz CT molecular complexity index is 661. The minimum Gasteiger partial charge on any atom is -0.390 e. The molecule has 108 valence electrons. The number of halogens is 1. The summed E-state index contributed by atoms with van der Waals surface area (Å²) < 4.78 is 25.8. The first-order chi connectivity index (χ1) is 9.33. The zero-order valence-electron chi connectivity index (χ0n) is 10.0. The normalized spacial score (nSPS) is 22.4. The third kappa shape index (κ3) is 2.77. The molecule has 0 radical (unpaired) electrons. The molecule has 0 spiro atoms. The number of hydrogen-bond acceptors (Lipinski definition) is 5. The van der Waals surface area contributed by atoms with Crippen LogP contribution in [0.5, 0.6) is 0 Å². The van der Waals surface area contributed by atoms with Gasteiger partial charge >= 0.3 is 0 Å². The van der Waals surface area contributed by atoms with Crippen LogP contribution in [0.2, 0.25) is 5.02 Å². The van der Waals surface area contributed by atoms with E-state index in [1.165, 1.54) is 24.3 Å². The largest absolute Gasteiger partial charge is 0.390 e. The lowest BCUT2D eigenvalue weighted by Gasteiger charge is -2.13. The maximum Gasteiger partial charge on any atom is 0.265 e. The Morgan fingerprint density at radius 1 is 1.40 bits per heavy atom. The molecule has 9 heteroatoms. The van der Waals surface area contributed by atoms with Gasteiger partial charge in [-0.25, -0.2) is 13.1 Å². The molecular weight excluding hydrogens is 308 g/mol. The number of hydrogen-bond donors (Lipinski definition) is 3. The highest BCUT2D eigenvalue weighted by atomic mass is 35.5. The lowest BCUT2D eigenvalue weighted by Crippen LogP contribution is -2.42.